The van der Waals surface area contributed by atoms with Crippen molar-refractivity contribution in [3.05, 3.63) is 0 Å². The molecule has 1 aliphatic heterocycles. The smallest absolute Gasteiger partial charge is 0.311 e. The summed E-state index contributed by atoms with van der Waals surface area (Å²) in [6.07, 6.45) is 3.49. The summed E-state index contributed by atoms with van der Waals surface area (Å²) in [6, 6.07) is 0. The van der Waals surface area contributed by atoms with E-state index in [1.165, 1.54) is 0 Å². The first kappa shape index (κ1) is 20.8. The minimum absolute atomic E-state index is 0.0247. The summed E-state index contributed by atoms with van der Waals surface area (Å²) in [6.45, 7) is 5.29. The summed E-state index contributed by atoms with van der Waals surface area (Å²) in [7, 11) is -4.12. The van der Waals surface area contributed by atoms with Gasteiger partial charge in [-0.1, -0.05) is 19.8 Å². The van der Waals surface area contributed by atoms with Gasteiger partial charge in [0.25, 0.3) is 21.9 Å². The van der Waals surface area contributed by atoms with E-state index in [2.05, 4.69) is 0 Å². The second kappa shape index (κ2) is 8.04. The van der Waals surface area contributed by atoms with E-state index in [9.17, 15) is 22.8 Å². The van der Waals surface area contributed by atoms with Crippen LogP contribution < -0.4 is 0 Å². The Morgan fingerprint density at radius 1 is 1.15 bits per heavy atom. The highest BCUT2D eigenvalue weighted by Gasteiger charge is 2.50. The Labute approximate surface area is 154 Å². The van der Waals surface area contributed by atoms with Gasteiger partial charge in [0.15, 0.2) is 0 Å². The molecule has 2 amide bonds. The van der Waals surface area contributed by atoms with Crippen LogP contribution in [0.1, 0.15) is 59.3 Å². The van der Waals surface area contributed by atoms with E-state index < -0.39 is 50.9 Å². The molecule has 148 valence electrons. The van der Waals surface area contributed by atoms with Crippen molar-refractivity contribution in [1.29, 1.82) is 0 Å². The van der Waals surface area contributed by atoms with E-state index in [0.717, 1.165) is 12.8 Å². The van der Waals surface area contributed by atoms with Crippen LogP contribution in [-0.4, -0.2) is 43.6 Å². The number of fused-ring (bicyclic) bond motifs is 1. The summed E-state index contributed by atoms with van der Waals surface area (Å²) in [5, 5.41) is 0.419. The van der Waals surface area contributed by atoms with E-state index >= 15 is 0 Å². The first-order valence-electron chi connectivity index (χ1n) is 9.06. The van der Waals surface area contributed by atoms with Crippen molar-refractivity contribution in [1.82, 2.24) is 5.06 Å². The van der Waals surface area contributed by atoms with Crippen molar-refractivity contribution in [2.45, 2.75) is 59.3 Å². The molecule has 0 aromatic carbocycles. The summed E-state index contributed by atoms with van der Waals surface area (Å²) in [4.78, 5) is 36.3. The number of rotatable bonds is 8. The number of hydroxylamine groups is 2. The molecule has 2 fully saturated rings. The molecule has 1 saturated heterocycles. The molecule has 0 bridgehead atoms. The fourth-order valence-electron chi connectivity index (χ4n) is 3.10. The highest BCUT2D eigenvalue weighted by atomic mass is 32.2. The number of nitrogens with zero attached hydrogens (tertiary/aromatic N) is 1. The van der Waals surface area contributed by atoms with Crippen molar-refractivity contribution in [2.75, 3.05) is 12.4 Å². The summed E-state index contributed by atoms with van der Waals surface area (Å²) in [5.41, 5.74) is -0.625. The third kappa shape index (κ3) is 4.62. The number of imide groups is 1. The second-order valence-electron chi connectivity index (χ2n) is 7.53. The third-order valence-corrected chi connectivity index (χ3v) is 6.36. The van der Waals surface area contributed by atoms with Gasteiger partial charge in [0.1, 0.15) is 0 Å². The van der Waals surface area contributed by atoms with Crippen LogP contribution in [0.15, 0.2) is 0 Å². The molecule has 0 spiro atoms. The molecule has 2 atom stereocenters. The highest BCUT2D eigenvalue weighted by molar-refractivity contribution is 7.86. The van der Waals surface area contributed by atoms with Gasteiger partial charge in [0.2, 0.25) is 0 Å². The highest BCUT2D eigenvalue weighted by Crippen LogP contribution is 2.38. The molecule has 1 saturated carbocycles. The summed E-state index contributed by atoms with van der Waals surface area (Å²) < 4.78 is 34.0. The molecule has 0 radical (unpaired) electrons. The van der Waals surface area contributed by atoms with E-state index in [4.69, 9.17) is 9.02 Å². The zero-order valence-electron chi connectivity index (χ0n) is 15.5. The topological polar surface area (TPSA) is 107 Å². The average Bonchev–Trinajstić information content (AvgIpc) is 2.83. The minimum Gasteiger partial charge on any atom is -0.465 e. The predicted molar refractivity (Wildman–Crippen MR) is 91.8 cm³/mol. The number of ether oxygens (including phenoxy) is 1. The molecule has 1 heterocycles. The van der Waals surface area contributed by atoms with Crippen LogP contribution in [0, 0.1) is 17.3 Å². The molecule has 1 aliphatic carbocycles. The van der Waals surface area contributed by atoms with Gasteiger partial charge in [-0.25, -0.2) is 0 Å². The Balaban J connectivity index is 1.84. The molecule has 0 aromatic heterocycles. The van der Waals surface area contributed by atoms with Crippen LogP contribution in [0.5, 0.6) is 0 Å². The number of esters is 1. The van der Waals surface area contributed by atoms with E-state index in [-0.39, 0.29) is 13.0 Å². The minimum atomic E-state index is -4.12. The number of amides is 2. The predicted octanol–water partition coefficient (Wildman–Crippen LogP) is 1.79. The van der Waals surface area contributed by atoms with Crippen LogP contribution in [0.3, 0.4) is 0 Å². The first-order valence-corrected chi connectivity index (χ1v) is 10.6. The maximum Gasteiger partial charge on any atom is 0.311 e. The Morgan fingerprint density at radius 2 is 1.69 bits per heavy atom. The number of hydrogen-bond acceptors (Lipinski definition) is 7. The molecule has 0 aromatic rings. The van der Waals surface area contributed by atoms with E-state index in [0.29, 0.717) is 24.3 Å². The van der Waals surface area contributed by atoms with Gasteiger partial charge in [-0.15, -0.1) is 9.35 Å². The lowest BCUT2D eigenvalue weighted by atomic mass is 9.81. The van der Waals surface area contributed by atoms with Gasteiger partial charge in [0, 0.05) is 0 Å². The summed E-state index contributed by atoms with van der Waals surface area (Å²) >= 11 is 0. The maximum atomic E-state index is 12.2. The van der Waals surface area contributed by atoms with Crippen molar-refractivity contribution < 1.29 is 31.8 Å². The quantitative estimate of drug-likeness (QED) is 0.354. The number of carbonyl (C=O) groups excluding carboxylic acids is 3. The lowest BCUT2D eigenvalue weighted by molar-refractivity contribution is -0.165. The molecule has 9 heteroatoms. The fourth-order valence-corrected chi connectivity index (χ4v) is 4.02. The van der Waals surface area contributed by atoms with E-state index in [1.807, 2.05) is 6.92 Å². The molecular weight excluding hydrogens is 362 g/mol. The van der Waals surface area contributed by atoms with E-state index in [1.54, 1.807) is 13.8 Å². The van der Waals surface area contributed by atoms with Crippen molar-refractivity contribution in [3.8, 4) is 0 Å². The Bertz CT molecular complexity index is 647. The van der Waals surface area contributed by atoms with Gasteiger partial charge in [-0.3, -0.25) is 14.4 Å². The maximum absolute atomic E-state index is 12.2. The van der Waals surface area contributed by atoms with Gasteiger partial charge in [0.05, 0.1) is 29.6 Å². The van der Waals surface area contributed by atoms with Crippen LogP contribution in [-0.2, 0) is 33.5 Å². The van der Waals surface area contributed by atoms with Crippen LogP contribution in [0.2, 0.25) is 0 Å². The largest absolute Gasteiger partial charge is 0.465 e. The van der Waals surface area contributed by atoms with Gasteiger partial charge in [-0.05, 0) is 39.5 Å². The zero-order chi connectivity index (χ0) is 19.5. The third-order valence-electron chi connectivity index (χ3n) is 5.20. The molecule has 2 aliphatic rings. The molecule has 2 rings (SSSR count). The Hall–Kier alpha value is -1.48. The first-order chi connectivity index (χ1) is 12.1. The normalized spacial score (nSPS) is 23.9. The SMILES string of the molecule is CCC(C)(C)C(=O)OCCCS(=O)(=O)ON1C(=O)C2CCCCC2C1=O. The lowest BCUT2D eigenvalue weighted by Crippen LogP contribution is -2.35. The fraction of sp³-hybridized carbons (Fsp3) is 0.824. The Morgan fingerprint density at radius 3 is 2.19 bits per heavy atom. The van der Waals surface area contributed by atoms with Crippen LogP contribution in [0.4, 0.5) is 0 Å². The number of carbonyl (C=O) groups is 3. The average molecular weight is 389 g/mol. The molecule has 2 unspecified atom stereocenters. The van der Waals surface area contributed by atoms with Gasteiger partial charge in [-0.2, -0.15) is 8.42 Å². The molecule has 8 nitrogen and oxygen atoms in total. The lowest BCUT2D eigenvalue weighted by Gasteiger charge is -2.20. The number of hydrogen-bond donors (Lipinski definition) is 0. The van der Waals surface area contributed by atoms with Crippen LogP contribution in [0.25, 0.3) is 0 Å². The van der Waals surface area contributed by atoms with Crippen molar-refractivity contribution in [2.24, 2.45) is 17.3 Å². The van der Waals surface area contributed by atoms with Crippen LogP contribution >= 0.6 is 0 Å². The second-order valence-corrected chi connectivity index (χ2v) is 9.20. The molecule has 0 N–H and O–H groups in total. The standard InChI is InChI=1S/C17H27NO7S/c1-4-17(2,3)16(21)24-10-7-11-26(22,23)25-18-14(19)12-8-5-6-9-13(12)15(18)20/h12-13H,4-11H2,1-3H3. The monoisotopic (exact) mass is 389 g/mol. The Kier molecular flexibility index (Phi) is 6.44. The van der Waals surface area contributed by atoms with Gasteiger partial charge < -0.3 is 4.74 Å². The van der Waals surface area contributed by atoms with Crippen molar-refractivity contribution in [3.63, 3.8) is 0 Å². The molecule has 26 heavy (non-hydrogen) atoms. The summed E-state index contributed by atoms with van der Waals surface area (Å²) in [5.74, 6) is -2.92. The zero-order valence-corrected chi connectivity index (χ0v) is 16.3. The molecular formula is C17H27NO7S. The van der Waals surface area contributed by atoms with Gasteiger partial charge >= 0.3 is 5.97 Å². The van der Waals surface area contributed by atoms with Crippen molar-refractivity contribution >= 4 is 27.9 Å².